The molecular weight excluding hydrogens is 317 g/mol. The van der Waals surface area contributed by atoms with Crippen LogP contribution in [0.2, 0.25) is 0 Å². The Bertz CT molecular complexity index is 725. The average molecular weight is 333 g/mol. The molecule has 0 saturated heterocycles. The molecule has 2 aromatic carbocycles. The molecule has 0 fully saturated rings. The van der Waals surface area contributed by atoms with Crippen LogP contribution in [-0.4, -0.2) is 32.7 Å². The van der Waals surface area contributed by atoms with Gasteiger partial charge in [-0.25, -0.2) is 9.18 Å². The van der Waals surface area contributed by atoms with Crippen LogP contribution in [0.25, 0.3) is 0 Å². The summed E-state index contributed by atoms with van der Waals surface area (Å²) in [5, 5.41) is 2.43. The van der Waals surface area contributed by atoms with E-state index in [0.717, 1.165) is 6.07 Å². The minimum absolute atomic E-state index is 0.185. The Balaban J connectivity index is 1.96. The molecule has 126 valence electrons. The molecule has 0 heterocycles. The topological polar surface area (TPSA) is 73.9 Å². The first kappa shape index (κ1) is 17.3. The molecule has 0 saturated carbocycles. The third-order valence-electron chi connectivity index (χ3n) is 3.03. The number of benzene rings is 2. The molecule has 0 bridgehead atoms. The first-order valence-electron chi connectivity index (χ1n) is 6.97. The molecule has 2 aromatic rings. The molecule has 7 heteroatoms. The molecule has 1 amide bonds. The normalized spacial score (nSPS) is 9.96. The quantitative estimate of drug-likeness (QED) is 0.823. The summed E-state index contributed by atoms with van der Waals surface area (Å²) >= 11 is 0. The number of ether oxygens (including phenoxy) is 3. The SMILES string of the molecule is COc1cc(OC)cc(C(=O)OCC(=O)Nc2cccc(F)c2)c1. The molecule has 0 unspecified atom stereocenters. The van der Waals surface area contributed by atoms with E-state index in [1.807, 2.05) is 0 Å². The van der Waals surface area contributed by atoms with Crippen molar-refractivity contribution in [3.8, 4) is 11.5 Å². The number of anilines is 1. The molecular formula is C17H16FNO5. The Morgan fingerprint density at radius 3 is 2.29 bits per heavy atom. The molecule has 0 aliphatic heterocycles. The van der Waals surface area contributed by atoms with Crippen LogP contribution in [0.3, 0.4) is 0 Å². The molecule has 0 aliphatic rings. The van der Waals surface area contributed by atoms with Crippen molar-refractivity contribution in [2.45, 2.75) is 0 Å². The fourth-order valence-corrected chi connectivity index (χ4v) is 1.90. The molecule has 0 radical (unpaired) electrons. The van der Waals surface area contributed by atoms with Gasteiger partial charge in [-0.3, -0.25) is 4.79 Å². The second-order valence-electron chi connectivity index (χ2n) is 4.74. The second-order valence-corrected chi connectivity index (χ2v) is 4.74. The zero-order chi connectivity index (χ0) is 17.5. The largest absolute Gasteiger partial charge is 0.497 e. The van der Waals surface area contributed by atoms with Gasteiger partial charge in [0.05, 0.1) is 19.8 Å². The lowest BCUT2D eigenvalue weighted by molar-refractivity contribution is -0.119. The van der Waals surface area contributed by atoms with Crippen molar-refractivity contribution in [1.29, 1.82) is 0 Å². The molecule has 24 heavy (non-hydrogen) atoms. The van der Waals surface area contributed by atoms with Gasteiger partial charge in [-0.15, -0.1) is 0 Å². The molecule has 0 aliphatic carbocycles. The Morgan fingerprint density at radius 1 is 1.04 bits per heavy atom. The van der Waals surface area contributed by atoms with E-state index >= 15 is 0 Å². The predicted molar refractivity (Wildman–Crippen MR) is 84.9 cm³/mol. The van der Waals surface area contributed by atoms with Crippen LogP contribution in [-0.2, 0) is 9.53 Å². The summed E-state index contributed by atoms with van der Waals surface area (Å²) in [6.45, 7) is -0.505. The van der Waals surface area contributed by atoms with Crippen molar-refractivity contribution >= 4 is 17.6 Å². The van der Waals surface area contributed by atoms with Crippen LogP contribution < -0.4 is 14.8 Å². The average Bonchev–Trinajstić information content (AvgIpc) is 2.59. The van der Waals surface area contributed by atoms with E-state index in [1.165, 1.54) is 44.6 Å². The van der Waals surface area contributed by atoms with Gasteiger partial charge in [0.1, 0.15) is 17.3 Å². The van der Waals surface area contributed by atoms with E-state index in [1.54, 1.807) is 6.07 Å². The van der Waals surface area contributed by atoms with Gasteiger partial charge < -0.3 is 19.5 Å². The van der Waals surface area contributed by atoms with Crippen molar-refractivity contribution < 1.29 is 28.2 Å². The summed E-state index contributed by atoms with van der Waals surface area (Å²) in [7, 11) is 2.91. The standard InChI is InChI=1S/C17H16FNO5/c1-22-14-6-11(7-15(9-14)23-2)17(21)24-10-16(20)19-13-5-3-4-12(18)8-13/h3-9H,10H2,1-2H3,(H,19,20). The summed E-state index contributed by atoms with van der Waals surface area (Å²) in [6.07, 6.45) is 0. The van der Waals surface area contributed by atoms with Gasteiger partial charge in [0, 0.05) is 11.8 Å². The van der Waals surface area contributed by atoms with Crippen LogP contribution in [0.4, 0.5) is 10.1 Å². The third kappa shape index (κ3) is 4.70. The van der Waals surface area contributed by atoms with E-state index in [2.05, 4.69) is 5.32 Å². The third-order valence-corrected chi connectivity index (χ3v) is 3.03. The maximum atomic E-state index is 13.0. The van der Waals surface area contributed by atoms with Crippen LogP contribution in [0.5, 0.6) is 11.5 Å². The predicted octanol–water partition coefficient (Wildman–Crippen LogP) is 2.64. The number of esters is 1. The van der Waals surface area contributed by atoms with Gasteiger partial charge in [0.25, 0.3) is 5.91 Å². The smallest absolute Gasteiger partial charge is 0.338 e. The fourth-order valence-electron chi connectivity index (χ4n) is 1.90. The van der Waals surface area contributed by atoms with Crippen molar-refractivity contribution in [3.63, 3.8) is 0 Å². The Labute approximate surface area is 138 Å². The molecule has 2 rings (SSSR count). The number of nitrogens with one attached hydrogen (secondary N) is 1. The first-order chi connectivity index (χ1) is 11.5. The Hall–Kier alpha value is -3.09. The summed E-state index contributed by atoms with van der Waals surface area (Å²) in [5.74, 6) is -0.922. The lowest BCUT2D eigenvalue weighted by atomic mass is 10.2. The lowest BCUT2D eigenvalue weighted by Crippen LogP contribution is -2.21. The highest BCUT2D eigenvalue weighted by Gasteiger charge is 2.13. The molecule has 0 aromatic heterocycles. The summed E-state index contributed by atoms with van der Waals surface area (Å²) in [5.41, 5.74) is 0.462. The number of methoxy groups -OCH3 is 2. The van der Waals surface area contributed by atoms with E-state index in [9.17, 15) is 14.0 Å². The van der Waals surface area contributed by atoms with E-state index < -0.39 is 24.3 Å². The zero-order valence-electron chi connectivity index (χ0n) is 13.2. The van der Waals surface area contributed by atoms with Crippen molar-refractivity contribution in [2.24, 2.45) is 0 Å². The highest BCUT2D eigenvalue weighted by molar-refractivity contribution is 5.95. The number of hydrogen-bond donors (Lipinski definition) is 1. The maximum Gasteiger partial charge on any atom is 0.338 e. The van der Waals surface area contributed by atoms with Crippen LogP contribution in [0, 0.1) is 5.82 Å². The monoisotopic (exact) mass is 333 g/mol. The van der Waals surface area contributed by atoms with Crippen molar-refractivity contribution in [1.82, 2.24) is 0 Å². The number of halogens is 1. The van der Waals surface area contributed by atoms with Crippen LogP contribution in [0.1, 0.15) is 10.4 Å². The molecule has 0 atom stereocenters. The van der Waals surface area contributed by atoms with Gasteiger partial charge in [0.2, 0.25) is 0 Å². The van der Waals surface area contributed by atoms with Crippen molar-refractivity contribution in [2.75, 3.05) is 26.1 Å². The van der Waals surface area contributed by atoms with Gasteiger partial charge in [0.15, 0.2) is 6.61 Å². The van der Waals surface area contributed by atoms with Crippen LogP contribution in [0.15, 0.2) is 42.5 Å². The number of hydrogen-bond acceptors (Lipinski definition) is 5. The molecule has 6 nitrogen and oxygen atoms in total. The van der Waals surface area contributed by atoms with Gasteiger partial charge in [-0.1, -0.05) is 6.07 Å². The lowest BCUT2D eigenvalue weighted by Gasteiger charge is -2.09. The van der Waals surface area contributed by atoms with Crippen LogP contribution >= 0.6 is 0 Å². The van der Waals surface area contributed by atoms with Gasteiger partial charge in [-0.2, -0.15) is 0 Å². The fraction of sp³-hybridized carbons (Fsp3) is 0.176. The Kier molecular flexibility index (Phi) is 5.73. The Morgan fingerprint density at radius 2 is 1.71 bits per heavy atom. The molecule has 1 N–H and O–H groups in total. The highest BCUT2D eigenvalue weighted by Crippen LogP contribution is 2.23. The molecule has 0 spiro atoms. The minimum Gasteiger partial charge on any atom is -0.497 e. The van der Waals surface area contributed by atoms with E-state index in [-0.39, 0.29) is 11.3 Å². The van der Waals surface area contributed by atoms with E-state index in [4.69, 9.17) is 14.2 Å². The van der Waals surface area contributed by atoms with Crippen molar-refractivity contribution in [3.05, 3.63) is 53.8 Å². The second kappa shape index (κ2) is 7.96. The zero-order valence-corrected chi connectivity index (χ0v) is 13.2. The number of carbonyl (C=O) groups is 2. The first-order valence-corrected chi connectivity index (χ1v) is 6.97. The minimum atomic E-state index is -0.707. The van der Waals surface area contributed by atoms with E-state index in [0.29, 0.717) is 11.5 Å². The van der Waals surface area contributed by atoms with Gasteiger partial charge in [-0.05, 0) is 30.3 Å². The highest BCUT2D eigenvalue weighted by atomic mass is 19.1. The number of amides is 1. The summed E-state index contributed by atoms with van der Waals surface area (Å²) in [4.78, 5) is 23.8. The number of carbonyl (C=O) groups excluding carboxylic acids is 2. The summed E-state index contributed by atoms with van der Waals surface area (Å²) < 4.78 is 28.1. The van der Waals surface area contributed by atoms with Gasteiger partial charge >= 0.3 is 5.97 Å². The number of rotatable bonds is 6. The maximum absolute atomic E-state index is 13.0. The summed E-state index contributed by atoms with van der Waals surface area (Å²) in [6, 6.07) is 9.94.